The highest BCUT2D eigenvalue weighted by Crippen LogP contribution is 2.38. The van der Waals surface area contributed by atoms with Gasteiger partial charge in [-0.05, 0) is 13.8 Å². The van der Waals surface area contributed by atoms with Crippen molar-refractivity contribution in [3.8, 4) is 0 Å². The quantitative estimate of drug-likeness (QED) is 0.598. The fourth-order valence-corrected chi connectivity index (χ4v) is 2.34. The summed E-state index contributed by atoms with van der Waals surface area (Å²) in [6.07, 6.45) is 0. The van der Waals surface area contributed by atoms with Crippen molar-refractivity contribution in [2.45, 2.75) is 26.2 Å². The lowest BCUT2D eigenvalue weighted by molar-refractivity contribution is -2.00. The lowest BCUT2D eigenvalue weighted by Gasteiger charge is -2.17. The Kier molecular flexibility index (Phi) is 5.26. The molecule has 0 saturated carbocycles. The number of aliphatic hydroxyl groups excluding tert-OH is 1. The van der Waals surface area contributed by atoms with Gasteiger partial charge in [-0.3, -0.25) is 0 Å². The van der Waals surface area contributed by atoms with Crippen LogP contribution < -0.4 is 18.6 Å². The first-order valence-corrected chi connectivity index (χ1v) is 7.26. The molecule has 1 aliphatic heterocycles. The van der Waals surface area contributed by atoms with Crippen LogP contribution in [0.5, 0.6) is 0 Å². The number of hydrogen-bond donors (Lipinski definition) is 1. The van der Waals surface area contributed by atoms with Crippen LogP contribution in [0.25, 0.3) is 0 Å². The van der Waals surface area contributed by atoms with E-state index in [1.165, 1.54) is 17.0 Å². The molecule has 0 bridgehead atoms. The standard InChI is InChI=1S/C13H18NO.ClHO4/c1-10-13(2,3)11-6-4-5-7-12(11)14(10)8-9-15;2-1(3,4)5/h4-7,15H,8-9H2,1-3H3;(H,2,3,4,5)/q+1;/p-1. The first-order valence-electron chi connectivity index (χ1n) is 6.02. The number of halogens is 1. The minimum atomic E-state index is -4.94. The maximum atomic E-state index is 9.09. The first-order chi connectivity index (χ1) is 9.09. The SMILES string of the molecule is CC1=[N+](CCO)c2ccccc2C1(C)C.[O-][Cl+3]([O-])([O-])[O-]. The highest BCUT2D eigenvalue weighted by molar-refractivity contribution is 5.93. The predicted molar refractivity (Wildman–Crippen MR) is 62.0 cm³/mol. The zero-order valence-electron chi connectivity index (χ0n) is 11.6. The molecule has 0 amide bonds. The Morgan fingerprint density at radius 2 is 1.65 bits per heavy atom. The van der Waals surface area contributed by atoms with Crippen molar-refractivity contribution in [3.05, 3.63) is 29.8 Å². The maximum Gasteiger partial charge on any atom is 0.209 e. The molecule has 7 heteroatoms. The topological polar surface area (TPSA) is 115 Å². The van der Waals surface area contributed by atoms with Gasteiger partial charge in [0.2, 0.25) is 5.69 Å². The molecule has 6 nitrogen and oxygen atoms in total. The third-order valence-electron chi connectivity index (χ3n) is 3.50. The second-order valence-corrected chi connectivity index (χ2v) is 5.74. The van der Waals surface area contributed by atoms with Crippen LogP contribution in [0, 0.1) is 10.2 Å². The number of rotatable bonds is 2. The molecule has 0 fully saturated rings. The second-order valence-electron chi connectivity index (χ2n) is 4.98. The van der Waals surface area contributed by atoms with E-state index in [1.54, 1.807) is 0 Å². The van der Waals surface area contributed by atoms with Crippen LogP contribution in [-0.4, -0.2) is 28.5 Å². The summed E-state index contributed by atoms with van der Waals surface area (Å²) in [6, 6.07) is 8.44. The molecule has 0 spiro atoms. The molecule has 2 rings (SSSR count). The smallest absolute Gasteiger partial charge is 0.209 e. The van der Waals surface area contributed by atoms with Crippen LogP contribution in [-0.2, 0) is 5.41 Å². The average Bonchev–Trinajstić information content (AvgIpc) is 2.50. The maximum absolute atomic E-state index is 9.09. The molecule has 0 radical (unpaired) electrons. The van der Waals surface area contributed by atoms with E-state index in [4.69, 9.17) is 23.7 Å². The van der Waals surface area contributed by atoms with E-state index < -0.39 is 10.2 Å². The van der Waals surface area contributed by atoms with E-state index in [2.05, 4.69) is 49.6 Å². The van der Waals surface area contributed by atoms with E-state index in [-0.39, 0.29) is 12.0 Å². The van der Waals surface area contributed by atoms with Crippen molar-refractivity contribution >= 4 is 11.4 Å². The van der Waals surface area contributed by atoms with Gasteiger partial charge < -0.3 is 5.11 Å². The molecular formula is C13H18ClNO5. The second kappa shape index (κ2) is 6.17. The summed E-state index contributed by atoms with van der Waals surface area (Å²) in [5.74, 6) is 0. The van der Waals surface area contributed by atoms with Gasteiger partial charge in [0.05, 0.1) is 5.41 Å². The minimum absolute atomic E-state index is 0.0891. The van der Waals surface area contributed by atoms with Gasteiger partial charge in [-0.15, -0.1) is 10.2 Å². The van der Waals surface area contributed by atoms with Gasteiger partial charge in [0, 0.05) is 18.6 Å². The Labute approximate surface area is 120 Å². The summed E-state index contributed by atoms with van der Waals surface area (Å²) in [5, 5.41) is 9.09. The molecule has 0 atom stereocenters. The molecule has 1 aromatic rings. The predicted octanol–water partition coefficient (Wildman–Crippen LogP) is -2.68. The minimum Gasteiger partial charge on any atom is -0.390 e. The van der Waals surface area contributed by atoms with Crippen molar-refractivity contribution in [2.75, 3.05) is 13.2 Å². The highest BCUT2D eigenvalue weighted by atomic mass is 35.7. The first kappa shape index (κ1) is 17.0. The van der Waals surface area contributed by atoms with Gasteiger partial charge >= 0.3 is 0 Å². The summed E-state index contributed by atoms with van der Waals surface area (Å²) in [7, 11) is -4.94. The number of para-hydroxylation sites is 1. The molecule has 1 aliphatic rings. The Morgan fingerprint density at radius 1 is 1.15 bits per heavy atom. The number of fused-ring (bicyclic) bond motifs is 1. The summed E-state index contributed by atoms with van der Waals surface area (Å²) in [5.41, 5.74) is 4.01. The number of nitrogens with zero attached hydrogens (tertiary/aromatic N) is 1. The largest absolute Gasteiger partial charge is 0.390 e. The van der Waals surface area contributed by atoms with Gasteiger partial charge in [-0.2, -0.15) is 4.58 Å². The van der Waals surface area contributed by atoms with Crippen molar-refractivity contribution in [3.63, 3.8) is 0 Å². The average molecular weight is 304 g/mol. The van der Waals surface area contributed by atoms with Gasteiger partial charge in [0.15, 0.2) is 12.3 Å². The molecule has 112 valence electrons. The Morgan fingerprint density at radius 3 is 2.15 bits per heavy atom. The van der Waals surface area contributed by atoms with Gasteiger partial charge in [0.1, 0.15) is 6.61 Å². The number of hydrogen-bond acceptors (Lipinski definition) is 5. The summed E-state index contributed by atoms with van der Waals surface area (Å²) >= 11 is 0. The molecule has 20 heavy (non-hydrogen) atoms. The highest BCUT2D eigenvalue weighted by Gasteiger charge is 2.42. The van der Waals surface area contributed by atoms with Crippen LogP contribution >= 0.6 is 0 Å². The fourth-order valence-electron chi connectivity index (χ4n) is 2.34. The van der Waals surface area contributed by atoms with Crippen LogP contribution in [0.2, 0.25) is 0 Å². The Bertz CT molecular complexity index is 502. The Hall–Kier alpha value is -1.02. The molecule has 0 saturated heterocycles. The number of benzene rings is 1. The molecular weight excluding hydrogens is 286 g/mol. The van der Waals surface area contributed by atoms with Gasteiger partial charge in [0.25, 0.3) is 0 Å². The summed E-state index contributed by atoms with van der Waals surface area (Å²) < 4.78 is 36.2. The van der Waals surface area contributed by atoms with E-state index in [1.807, 2.05) is 0 Å². The Balaban J connectivity index is 0.000000347. The van der Waals surface area contributed by atoms with Crippen molar-refractivity contribution in [1.29, 1.82) is 0 Å². The van der Waals surface area contributed by atoms with Crippen LogP contribution in [0.3, 0.4) is 0 Å². The monoisotopic (exact) mass is 303 g/mol. The zero-order chi connectivity index (χ0) is 15.6. The zero-order valence-corrected chi connectivity index (χ0v) is 12.4. The molecule has 0 aliphatic carbocycles. The van der Waals surface area contributed by atoms with Gasteiger partial charge in [-0.1, -0.05) is 18.2 Å². The van der Waals surface area contributed by atoms with Crippen LogP contribution in [0.15, 0.2) is 24.3 Å². The van der Waals surface area contributed by atoms with Crippen molar-refractivity contribution < 1.29 is 38.6 Å². The van der Waals surface area contributed by atoms with E-state index >= 15 is 0 Å². The fraction of sp³-hybridized carbons (Fsp3) is 0.462. The molecule has 1 heterocycles. The lowest BCUT2D eigenvalue weighted by Crippen LogP contribution is -2.68. The molecule has 1 aromatic carbocycles. The molecule has 0 unspecified atom stereocenters. The van der Waals surface area contributed by atoms with E-state index in [9.17, 15) is 0 Å². The van der Waals surface area contributed by atoms with E-state index in [0.29, 0.717) is 6.54 Å². The van der Waals surface area contributed by atoms with E-state index in [0.717, 1.165) is 0 Å². The molecule has 0 aromatic heterocycles. The van der Waals surface area contributed by atoms with Crippen molar-refractivity contribution in [2.24, 2.45) is 0 Å². The van der Waals surface area contributed by atoms with Gasteiger partial charge in [-0.25, -0.2) is 18.6 Å². The van der Waals surface area contributed by atoms with Crippen LogP contribution in [0.4, 0.5) is 5.69 Å². The summed E-state index contributed by atoms with van der Waals surface area (Å²) in [6.45, 7) is 7.50. The number of β-amino-alcohol motifs (C(OH)–C–C–N with tert-alkyl or cyclic N) is 1. The normalized spacial score (nSPS) is 16.6. The summed E-state index contributed by atoms with van der Waals surface area (Å²) in [4.78, 5) is 0. The lowest BCUT2D eigenvalue weighted by atomic mass is 9.82. The number of aliphatic hydroxyl groups is 1. The third kappa shape index (κ3) is 3.99. The van der Waals surface area contributed by atoms with Crippen molar-refractivity contribution in [1.82, 2.24) is 0 Å². The van der Waals surface area contributed by atoms with Crippen LogP contribution in [0.1, 0.15) is 26.3 Å². The third-order valence-corrected chi connectivity index (χ3v) is 3.50. The molecule has 1 N–H and O–H groups in total.